The van der Waals surface area contributed by atoms with Gasteiger partial charge in [-0.3, -0.25) is 0 Å². The van der Waals surface area contributed by atoms with Crippen molar-refractivity contribution in [3.05, 3.63) is 29.3 Å². The highest BCUT2D eigenvalue weighted by Crippen LogP contribution is 2.19. The lowest BCUT2D eigenvalue weighted by molar-refractivity contribution is 0.199. The van der Waals surface area contributed by atoms with Crippen LogP contribution in [0.3, 0.4) is 0 Å². The monoisotopic (exact) mass is 223 g/mol. The van der Waals surface area contributed by atoms with Crippen LogP contribution in [-0.2, 0) is 11.3 Å². The molecule has 1 N–H and O–H groups in total. The largest absolute Gasteiger partial charge is 0.494 e. The molecule has 1 aromatic carbocycles. The summed E-state index contributed by atoms with van der Waals surface area (Å²) in [5.74, 6) is 0.970. The smallest absolute Gasteiger partial charge is 0.123 e. The van der Waals surface area contributed by atoms with E-state index in [-0.39, 0.29) is 0 Å². The molecule has 3 nitrogen and oxygen atoms in total. The topological polar surface area (TPSA) is 30.5 Å². The van der Waals surface area contributed by atoms with Gasteiger partial charge >= 0.3 is 0 Å². The average Bonchev–Trinajstić information content (AvgIpc) is 2.28. The molecule has 3 heteroatoms. The number of rotatable bonds is 7. The van der Waals surface area contributed by atoms with E-state index in [1.54, 1.807) is 7.11 Å². The second-order valence-electron chi connectivity index (χ2n) is 3.71. The summed E-state index contributed by atoms with van der Waals surface area (Å²) in [6.45, 7) is 7.21. The van der Waals surface area contributed by atoms with Crippen molar-refractivity contribution >= 4 is 0 Å². The van der Waals surface area contributed by atoms with Crippen LogP contribution in [0.25, 0.3) is 0 Å². The van der Waals surface area contributed by atoms with Crippen molar-refractivity contribution in [3.63, 3.8) is 0 Å². The Balaban J connectivity index is 2.57. The summed E-state index contributed by atoms with van der Waals surface area (Å²) < 4.78 is 10.6. The molecule has 0 saturated carbocycles. The molecule has 0 heterocycles. The van der Waals surface area contributed by atoms with Gasteiger partial charge in [0.1, 0.15) is 5.75 Å². The van der Waals surface area contributed by atoms with Gasteiger partial charge < -0.3 is 14.8 Å². The number of nitrogens with one attached hydrogen (secondary N) is 1. The molecule has 16 heavy (non-hydrogen) atoms. The van der Waals surface area contributed by atoms with Gasteiger partial charge in [-0.2, -0.15) is 0 Å². The first-order valence-corrected chi connectivity index (χ1v) is 5.70. The third-order valence-electron chi connectivity index (χ3n) is 2.31. The van der Waals surface area contributed by atoms with Crippen molar-refractivity contribution in [2.75, 3.05) is 26.9 Å². The summed E-state index contributed by atoms with van der Waals surface area (Å²) in [5, 5.41) is 3.32. The highest BCUT2D eigenvalue weighted by Gasteiger charge is 2.02. The van der Waals surface area contributed by atoms with Crippen LogP contribution in [0, 0.1) is 6.92 Å². The van der Waals surface area contributed by atoms with Crippen molar-refractivity contribution in [2.45, 2.75) is 20.4 Å². The minimum absolute atomic E-state index is 0.703. The fourth-order valence-corrected chi connectivity index (χ4v) is 1.54. The molecule has 0 saturated heterocycles. The quantitative estimate of drug-likeness (QED) is 0.718. The molecule has 0 aliphatic heterocycles. The van der Waals surface area contributed by atoms with Gasteiger partial charge in [-0.05, 0) is 19.9 Å². The molecule has 0 amide bonds. The lowest BCUT2D eigenvalue weighted by atomic mass is 10.1. The van der Waals surface area contributed by atoms with Crippen LogP contribution in [0.2, 0.25) is 0 Å². The van der Waals surface area contributed by atoms with Gasteiger partial charge in [0.05, 0.1) is 13.2 Å². The summed E-state index contributed by atoms with van der Waals surface area (Å²) in [7, 11) is 1.71. The van der Waals surface area contributed by atoms with E-state index >= 15 is 0 Å². The molecule has 1 rings (SSSR count). The van der Waals surface area contributed by atoms with E-state index < -0.39 is 0 Å². The van der Waals surface area contributed by atoms with Crippen molar-refractivity contribution in [3.8, 4) is 5.75 Å². The molecule has 0 spiro atoms. The average molecular weight is 223 g/mol. The van der Waals surface area contributed by atoms with E-state index in [2.05, 4.69) is 24.4 Å². The Morgan fingerprint density at radius 2 is 2.12 bits per heavy atom. The van der Waals surface area contributed by atoms with Crippen LogP contribution >= 0.6 is 0 Å². The van der Waals surface area contributed by atoms with Crippen molar-refractivity contribution in [1.29, 1.82) is 0 Å². The van der Waals surface area contributed by atoms with E-state index in [0.29, 0.717) is 6.61 Å². The van der Waals surface area contributed by atoms with Crippen LogP contribution in [-0.4, -0.2) is 26.9 Å². The van der Waals surface area contributed by atoms with Crippen LogP contribution in [0.15, 0.2) is 18.2 Å². The lowest BCUT2D eigenvalue weighted by Gasteiger charge is -2.11. The molecular weight excluding hydrogens is 202 g/mol. The van der Waals surface area contributed by atoms with Crippen LogP contribution < -0.4 is 10.1 Å². The van der Waals surface area contributed by atoms with Crippen molar-refractivity contribution < 1.29 is 9.47 Å². The van der Waals surface area contributed by atoms with Gasteiger partial charge in [-0.1, -0.05) is 17.7 Å². The highest BCUT2D eigenvalue weighted by atomic mass is 16.5. The standard InChI is InChI=1S/C13H21NO2/c1-4-16-13-6-5-11(2)9-12(13)10-14-7-8-15-3/h5-6,9,14H,4,7-8,10H2,1-3H3. The van der Waals surface area contributed by atoms with E-state index in [9.17, 15) is 0 Å². The number of ether oxygens (including phenoxy) is 2. The number of aryl methyl sites for hydroxylation is 1. The Labute approximate surface area is 97.8 Å². The molecular formula is C13H21NO2. The van der Waals surface area contributed by atoms with E-state index in [1.165, 1.54) is 11.1 Å². The maximum atomic E-state index is 5.58. The Hall–Kier alpha value is -1.06. The van der Waals surface area contributed by atoms with E-state index in [0.717, 1.165) is 25.4 Å². The molecule has 90 valence electrons. The highest BCUT2D eigenvalue weighted by molar-refractivity contribution is 5.36. The van der Waals surface area contributed by atoms with Crippen LogP contribution in [0.4, 0.5) is 0 Å². The minimum Gasteiger partial charge on any atom is -0.494 e. The van der Waals surface area contributed by atoms with Gasteiger partial charge in [0.25, 0.3) is 0 Å². The second-order valence-corrected chi connectivity index (χ2v) is 3.71. The predicted molar refractivity (Wildman–Crippen MR) is 65.9 cm³/mol. The van der Waals surface area contributed by atoms with E-state index in [1.807, 2.05) is 13.0 Å². The predicted octanol–water partition coefficient (Wildman–Crippen LogP) is 2.13. The van der Waals surface area contributed by atoms with Crippen molar-refractivity contribution in [1.82, 2.24) is 5.32 Å². The normalized spacial score (nSPS) is 10.4. The number of benzene rings is 1. The van der Waals surface area contributed by atoms with Crippen LogP contribution in [0.1, 0.15) is 18.1 Å². The summed E-state index contributed by atoms with van der Waals surface area (Å²) in [4.78, 5) is 0. The Morgan fingerprint density at radius 3 is 2.81 bits per heavy atom. The molecule has 0 bridgehead atoms. The summed E-state index contributed by atoms with van der Waals surface area (Å²) in [5.41, 5.74) is 2.46. The maximum absolute atomic E-state index is 5.58. The first-order chi connectivity index (χ1) is 7.77. The maximum Gasteiger partial charge on any atom is 0.123 e. The lowest BCUT2D eigenvalue weighted by Crippen LogP contribution is -2.19. The number of hydrogen-bond acceptors (Lipinski definition) is 3. The molecule has 0 aliphatic carbocycles. The summed E-state index contributed by atoms with van der Waals surface area (Å²) in [6.07, 6.45) is 0. The zero-order valence-corrected chi connectivity index (χ0v) is 10.4. The van der Waals surface area contributed by atoms with Crippen LogP contribution in [0.5, 0.6) is 5.75 Å². The zero-order chi connectivity index (χ0) is 11.8. The Bertz CT molecular complexity index is 313. The molecule has 0 fully saturated rings. The third kappa shape index (κ3) is 4.21. The number of methoxy groups -OCH3 is 1. The Kier molecular flexibility index (Phi) is 5.90. The van der Waals surface area contributed by atoms with Gasteiger partial charge in [0.15, 0.2) is 0 Å². The van der Waals surface area contributed by atoms with Crippen molar-refractivity contribution in [2.24, 2.45) is 0 Å². The fraction of sp³-hybridized carbons (Fsp3) is 0.538. The van der Waals surface area contributed by atoms with Gasteiger partial charge in [0.2, 0.25) is 0 Å². The molecule has 0 atom stereocenters. The van der Waals surface area contributed by atoms with Gasteiger partial charge in [-0.25, -0.2) is 0 Å². The minimum atomic E-state index is 0.703. The van der Waals surface area contributed by atoms with Gasteiger partial charge in [-0.15, -0.1) is 0 Å². The summed E-state index contributed by atoms with van der Waals surface area (Å²) in [6, 6.07) is 6.26. The van der Waals surface area contributed by atoms with E-state index in [4.69, 9.17) is 9.47 Å². The van der Waals surface area contributed by atoms with Gasteiger partial charge in [0, 0.05) is 25.8 Å². The zero-order valence-electron chi connectivity index (χ0n) is 10.4. The molecule has 0 radical (unpaired) electrons. The number of hydrogen-bond donors (Lipinski definition) is 1. The Morgan fingerprint density at radius 1 is 1.31 bits per heavy atom. The summed E-state index contributed by atoms with van der Waals surface area (Å²) >= 11 is 0. The first-order valence-electron chi connectivity index (χ1n) is 5.70. The first kappa shape index (κ1) is 13.0. The molecule has 0 aromatic heterocycles. The molecule has 0 unspecified atom stereocenters. The fourth-order valence-electron chi connectivity index (χ4n) is 1.54. The second kappa shape index (κ2) is 7.25. The SMILES string of the molecule is CCOc1ccc(C)cc1CNCCOC. The third-order valence-corrected chi connectivity index (χ3v) is 2.31. The molecule has 0 aliphatic rings. The molecule has 1 aromatic rings.